The molecule has 0 amide bonds. The predicted octanol–water partition coefficient (Wildman–Crippen LogP) is 2.73. The highest BCUT2D eigenvalue weighted by atomic mass is 19.1. The molecule has 1 aromatic carbocycles. The van der Waals surface area contributed by atoms with Gasteiger partial charge in [-0.25, -0.2) is 8.78 Å². The van der Waals surface area contributed by atoms with Crippen LogP contribution in [0.1, 0.15) is 29.3 Å². The van der Waals surface area contributed by atoms with E-state index < -0.39 is 11.6 Å². The Bertz CT molecular complexity index is 321. The molecule has 0 fully saturated rings. The molecule has 0 aliphatic rings. The van der Waals surface area contributed by atoms with Crippen LogP contribution in [0.25, 0.3) is 0 Å². The van der Waals surface area contributed by atoms with Gasteiger partial charge in [0.05, 0.1) is 5.56 Å². The molecule has 3 heteroatoms. The quantitative estimate of drug-likeness (QED) is 0.660. The van der Waals surface area contributed by atoms with Gasteiger partial charge in [-0.15, -0.1) is 0 Å². The lowest BCUT2D eigenvalue weighted by Crippen LogP contribution is -1.96. The molecule has 70 valence electrons. The third kappa shape index (κ3) is 2.11. The topological polar surface area (TPSA) is 17.1 Å². The molecule has 0 unspecified atom stereocenters. The Labute approximate surface area is 75.4 Å². The molecule has 0 aliphatic carbocycles. The van der Waals surface area contributed by atoms with E-state index in [0.29, 0.717) is 18.3 Å². The maximum atomic E-state index is 13.0. The van der Waals surface area contributed by atoms with Crippen molar-refractivity contribution in [3.05, 3.63) is 34.9 Å². The van der Waals surface area contributed by atoms with Crippen LogP contribution in [-0.2, 0) is 6.42 Å². The standard InChI is InChI=1S/C10H10F2O/c1-2-3-7-4-8(6-13)10(12)5-9(7)11/h4-6H,2-3H2,1H3. The van der Waals surface area contributed by atoms with E-state index in [1.54, 1.807) is 0 Å². The number of aldehydes is 1. The number of hydrogen-bond acceptors (Lipinski definition) is 1. The average molecular weight is 184 g/mol. The van der Waals surface area contributed by atoms with E-state index in [2.05, 4.69) is 0 Å². The van der Waals surface area contributed by atoms with Crippen molar-refractivity contribution in [1.29, 1.82) is 0 Å². The van der Waals surface area contributed by atoms with Crippen LogP contribution < -0.4 is 0 Å². The maximum absolute atomic E-state index is 13.0. The molecular formula is C10H10F2O. The van der Waals surface area contributed by atoms with E-state index >= 15 is 0 Å². The van der Waals surface area contributed by atoms with Crippen molar-refractivity contribution in [1.82, 2.24) is 0 Å². The second-order valence-electron chi connectivity index (χ2n) is 2.83. The second-order valence-corrected chi connectivity index (χ2v) is 2.83. The number of carbonyl (C=O) groups excluding carboxylic acids is 1. The Hall–Kier alpha value is -1.25. The Balaban J connectivity index is 3.14. The van der Waals surface area contributed by atoms with Crippen LogP contribution >= 0.6 is 0 Å². The Morgan fingerprint density at radius 2 is 2.00 bits per heavy atom. The Morgan fingerprint density at radius 1 is 1.31 bits per heavy atom. The minimum atomic E-state index is -0.799. The first kappa shape index (κ1) is 9.84. The van der Waals surface area contributed by atoms with E-state index in [4.69, 9.17) is 0 Å². The summed E-state index contributed by atoms with van der Waals surface area (Å²) in [5, 5.41) is 0. The van der Waals surface area contributed by atoms with Crippen LogP contribution in [0.15, 0.2) is 12.1 Å². The fraction of sp³-hybridized carbons (Fsp3) is 0.300. The molecular weight excluding hydrogens is 174 g/mol. The van der Waals surface area contributed by atoms with Gasteiger partial charge in [-0.3, -0.25) is 4.79 Å². The molecule has 0 spiro atoms. The fourth-order valence-electron chi connectivity index (χ4n) is 1.16. The van der Waals surface area contributed by atoms with Crippen molar-refractivity contribution < 1.29 is 13.6 Å². The lowest BCUT2D eigenvalue weighted by Gasteiger charge is -2.02. The molecule has 0 saturated carbocycles. The van der Waals surface area contributed by atoms with Crippen molar-refractivity contribution in [2.24, 2.45) is 0 Å². The van der Waals surface area contributed by atoms with E-state index in [0.717, 1.165) is 12.5 Å². The number of rotatable bonds is 3. The zero-order chi connectivity index (χ0) is 9.84. The first-order chi connectivity index (χ1) is 6.19. The monoisotopic (exact) mass is 184 g/mol. The van der Waals surface area contributed by atoms with Crippen molar-refractivity contribution in [2.75, 3.05) is 0 Å². The highest BCUT2D eigenvalue weighted by Crippen LogP contribution is 2.14. The van der Waals surface area contributed by atoms with Crippen LogP contribution in [0.5, 0.6) is 0 Å². The normalized spacial score (nSPS) is 10.1. The SMILES string of the molecule is CCCc1cc(C=O)c(F)cc1F. The molecule has 0 atom stereocenters. The molecule has 0 radical (unpaired) electrons. The molecule has 1 rings (SSSR count). The highest BCUT2D eigenvalue weighted by molar-refractivity contribution is 5.75. The highest BCUT2D eigenvalue weighted by Gasteiger charge is 2.08. The van der Waals surface area contributed by atoms with Crippen LogP contribution in [0.4, 0.5) is 8.78 Å². The van der Waals surface area contributed by atoms with Gasteiger partial charge in [0, 0.05) is 6.07 Å². The number of aryl methyl sites for hydroxylation is 1. The summed E-state index contributed by atoms with van der Waals surface area (Å²) < 4.78 is 25.8. The number of hydrogen-bond donors (Lipinski definition) is 0. The fourth-order valence-corrected chi connectivity index (χ4v) is 1.16. The Morgan fingerprint density at radius 3 is 2.54 bits per heavy atom. The van der Waals surface area contributed by atoms with Crippen LogP contribution in [0, 0.1) is 11.6 Å². The summed E-state index contributed by atoms with van der Waals surface area (Å²) in [7, 11) is 0. The second kappa shape index (κ2) is 4.12. The predicted molar refractivity (Wildman–Crippen MR) is 45.7 cm³/mol. The van der Waals surface area contributed by atoms with E-state index in [1.807, 2.05) is 6.92 Å². The van der Waals surface area contributed by atoms with Gasteiger partial charge < -0.3 is 0 Å². The van der Waals surface area contributed by atoms with Crippen molar-refractivity contribution in [3.8, 4) is 0 Å². The number of benzene rings is 1. The van der Waals surface area contributed by atoms with Crippen LogP contribution in [0.3, 0.4) is 0 Å². The van der Waals surface area contributed by atoms with Gasteiger partial charge in [0.25, 0.3) is 0 Å². The molecule has 13 heavy (non-hydrogen) atoms. The lowest BCUT2D eigenvalue weighted by molar-refractivity contribution is 0.111. The van der Waals surface area contributed by atoms with Crippen molar-refractivity contribution in [3.63, 3.8) is 0 Å². The van der Waals surface area contributed by atoms with Gasteiger partial charge in [0.1, 0.15) is 11.6 Å². The summed E-state index contributed by atoms with van der Waals surface area (Å²) in [6.07, 6.45) is 1.68. The zero-order valence-corrected chi connectivity index (χ0v) is 7.31. The van der Waals surface area contributed by atoms with E-state index in [-0.39, 0.29) is 5.56 Å². The summed E-state index contributed by atoms with van der Waals surface area (Å²) in [4.78, 5) is 10.3. The lowest BCUT2D eigenvalue weighted by atomic mass is 10.1. The molecule has 0 aromatic heterocycles. The van der Waals surface area contributed by atoms with Crippen molar-refractivity contribution in [2.45, 2.75) is 19.8 Å². The zero-order valence-electron chi connectivity index (χ0n) is 7.31. The average Bonchev–Trinajstić information content (AvgIpc) is 2.10. The molecule has 0 bridgehead atoms. The van der Waals surface area contributed by atoms with Crippen LogP contribution in [0.2, 0.25) is 0 Å². The minimum absolute atomic E-state index is 0.0788. The minimum Gasteiger partial charge on any atom is -0.298 e. The van der Waals surface area contributed by atoms with Gasteiger partial charge in [0.2, 0.25) is 0 Å². The van der Waals surface area contributed by atoms with Crippen molar-refractivity contribution >= 4 is 6.29 Å². The maximum Gasteiger partial charge on any atom is 0.153 e. The van der Waals surface area contributed by atoms with Gasteiger partial charge >= 0.3 is 0 Å². The summed E-state index contributed by atoms with van der Waals surface area (Å²) in [5.74, 6) is -1.38. The molecule has 0 heterocycles. The number of halogens is 2. The third-order valence-corrected chi connectivity index (χ3v) is 1.81. The van der Waals surface area contributed by atoms with E-state index in [1.165, 1.54) is 6.07 Å². The van der Waals surface area contributed by atoms with Crippen LogP contribution in [-0.4, -0.2) is 6.29 Å². The largest absolute Gasteiger partial charge is 0.298 e. The first-order valence-corrected chi connectivity index (χ1v) is 4.12. The van der Waals surface area contributed by atoms with E-state index in [9.17, 15) is 13.6 Å². The van der Waals surface area contributed by atoms with Gasteiger partial charge in [0.15, 0.2) is 6.29 Å². The van der Waals surface area contributed by atoms with Gasteiger partial charge in [-0.1, -0.05) is 13.3 Å². The molecule has 0 aliphatic heterocycles. The molecule has 0 N–H and O–H groups in total. The van der Waals surface area contributed by atoms with Gasteiger partial charge in [-0.05, 0) is 18.1 Å². The number of carbonyl (C=O) groups is 1. The Kier molecular flexibility index (Phi) is 3.12. The summed E-state index contributed by atoms with van der Waals surface area (Å²) >= 11 is 0. The first-order valence-electron chi connectivity index (χ1n) is 4.12. The molecule has 1 nitrogen and oxygen atoms in total. The smallest absolute Gasteiger partial charge is 0.153 e. The summed E-state index contributed by atoms with van der Waals surface area (Å²) in [6, 6.07) is 2.02. The molecule has 1 aromatic rings. The van der Waals surface area contributed by atoms with Gasteiger partial charge in [-0.2, -0.15) is 0 Å². The summed E-state index contributed by atoms with van der Waals surface area (Å²) in [5.41, 5.74) is 0.316. The third-order valence-electron chi connectivity index (χ3n) is 1.81. The summed E-state index contributed by atoms with van der Waals surface area (Å²) in [6.45, 7) is 1.89. The molecule has 0 saturated heterocycles.